The highest BCUT2D eigenvalue weighted by Gasteiger charge is 2.25. The van der Waals surface area contributed by atoms with E-state index in [0.29, 0.717) is 12.1 Å². The predicted octanol–water partition coefficient (Wildman–Crippen LogP) is -0.947. The molecule has 6 N–H and O–H groups in total. The van der Waals surface area contributed by atoms with Gasteiger partial charge in [0.15, 0.2) is 0 Å². The number of nitrogens with zero attached hydrogens (tertiary/aromatic N) is 1. The molecule has 38 heavy (non-hydrogen) atoms. The molecule has 0 aromatic heterocycles. The van der Waals surface area contributed by atoms with Crippen LogP contribution in [0.15, 0.2) is 36.4 Å². The van der Waals surface area contributed by atoms with Gasteiger partial charge in [0.1, 0.15) is 12.6 Å². The summed E-state index contributed by atoms with van der Waals surface area (Å²) in [7, 11) is 0. The monoisotopic (exact) mass is 530 g/mol. The van der Waals surface area contributed by atoms with Gasteiger partial charge < -0.3 is 31.7 Å². The summed E-state index contributed by atoms with van der Waals surface area (Å²) in [5.41, 5.74) is 6.21. The molecule has 0 aliphatic carbocycles. The topological polar surface area (TPSA) is 206 Å². The first-order valence-corrected chi connectivity index (χ1v) is 11.7. The van der Waals surface area contributed by atoms with Gasteiger partial charge >= 0.3 is 12.0 Å². The molecular weight excluding hydrogens is 500 g/mol. The number of hydrogen-bond donors (Lipinski definition) is 5. The fraction of sp³-hybridized carbons (Fsp3) is 0.375. The van der Waals surface area contributed by atoms with E-state index in [2.05, 4.69) is 21.3 Å². The lowest BCUT2D eigenvalue weighted by molar-refractivity contribution is -0.142. The molecule has 1 aromatic rings. The molecule has 204 valence electrons. The smallest absolute Gasteiger partial charge is 0.312 e. The molecule has 0 fully saturated rings. The van der Waals surface area contributed by atoms with Crippen LogP contribution >= 0.6 is 0 Å². The summed E-state index contributed by atoms with van der Waals surface area (Å²) < 4.78 is 4.90. The maximum absolute atomic E-state index is 12.7. The van der Waals surface area contributed by atoms with Crippen molar-refractivity contribution >= 4 is 47.2 Å². The average Bonchev–Trinajstić information content (AvgIpc) is 3.19. The Morgan fingerprint density at radius 2 is 1.63 bits per heavy atom. The van der Waals surface area contributed by atoms with E-state index in [1.807, 2.05) is 0 Å². The third kappa shape index (κ3) is 10.5. The van der Waals surface area contributed by atoms with Gasteiger partial charge in [-0.3, -0.25) is 33.7 Å². The number of nitrogens with two attached hydrogens (primary N) is 1. The minimum atomic E-state index is -1.05. The number of esters is 1. The van der Waals surface area contributed by atoms with Gasteiger partial charge in [0.25, 0.3) is 11.8 Å². The summed E-state index contributed by atoms with van der Waals surface area (Å²) in [6.45, 7) is 1.01. The number of urea groups is 1. The molecule has 0 spiro atoms. The first-order chi connectivity index (χ1) is 18.0. The number of carbonyl (C=O) groups is 7. The molecule has 14 heteroatoms. The highest BCUT2D eigenvalue weighted by atomic mass is 16.5. The van der Waals surface area contributed by atoms with Gasteiger partial charge in [0.05, 0.1) is 6.54 Å². The van der Waals surface area contributed by atoms with Gasteiger partial charge in [0, 0.05) is 44.3 Å². The van der Waals surface area contributed by atoms with Crippen molar-refractivity contribution in [3.05, 3.63) is 42.0 Å². The van der Waals surface area contributed by atoms with Gasteiger partial charge in [-0.2, -0.15) is 0 Å². The van der Waals surface area contributed by atoms with Crippen molar-refractivity contribution in [3.8, 4) is 0 Å². The second-order valence-corrected chi connectivity index (χ2v) is 8.21. The highest BCUT2D eigenvalue weighted by molar-refractivity contribution is 6.13. The van der Waals surface area contributed by atoms with Crippen LogP contribution in [0.4, 0.5) is 10.5 Å². The number of primary amides is 1. The van der Waals surface area contributed by atoms with Crippen molar-refractivity contribution in [1.29, 1.82) is 0 Å². The van der Waals surface area contributed by atoms with Gasteiger partial charge in [-0.05, 0) is 30.5 Å². The third-order valence-corrected chi connectivity index (χ3v) is 5.19. The van der Waals surface area contributed by atoms with Gasteiger partial charge in [-0.1, -0.05) is 12.1 Å². The maximum Gasteiger partial charge on any atom is 0.312 e. The Morgan fingerprint density at radius 1 is 0.974 bits per heavy atom. The molecule has 0 saturated carbocycles. The molecule has 0 saturated heterocycles. The zero-order chi connectivity index (χ0) is 28.1. The Labute approximate surface area is 218 Å². The van der Waals surface area contributed by atoms with E-state index in [1.165, 1.54) is 6.92 Å². The molecule has 1 aromatic carbocycles. The third-order valence-electron chi connectivity index (χ3n) is 5.19. The fourth-order valence-corrected chi connectivity index (χ4v) is 3.28. The molecule has 14 nitrogen and oxygen atoms in total. The number of hydrogen-bond acceptors (Lipinski definition) is 8. The van der Waals surface area contributed by atoms with E-state index in [-0.39, 0.29) is 39.1 Å². The molecule has 1 aliphatic rings. The van der Waals surface area contributed by atoms with Crippen LogP contribution in [0.2, 0.25) is 0 Å². The van der Waals surface area contributed by atoms with Crippen molar-refractivity contribution in [2.75, 3.05) is 25.0 Å². The number of carbonyl (C=O) groups excluding carboxylic acids is 7. The molecule has 0 bridgehead atoms. The molecular formula is C24H30N6O8. The van der Waals surface area contributed by atoms with Gasteiger partial charge in [0.2, 0.25) is 17.7 Å². The lowest BCUT2D eigenvalue weighted by atomic mass is 10.1. The first-order valence-electron chi connectivity index (χ1n) is 11.7. The summed E-state index contributed by atoms with van der Waals surface area (Å²) in [6.07, 6.45) is 2.39. The fourth-order valence-electron chi connectivity index (χ4n) is 3.28. The van der Waals surface area contributed by atoms with Gasteiger partial charge in [-0.15, -0.1) is 0 Å². The van der Waals surface area contributed by atoms with Crippen LogP contribution in [0.3, 0.4) is 0 Å². The van der Waals surface area contributed by atoms with Crippen LogP contribution in [0.1, 0.15) is 31.7 Å². The Balaban J connectivity index is 1.86. The Kier molecular flexibility index (Phi) is 11.4. The van der Waals surface area contributed by atoms with Crippen molar-refractivity contribution in [2.45, 2.75) is 38.8 Å². The average molecular weight is 531 g/mol. The summed E-state index contributed by atoms with van der Waals surface area (Å²) >= 11 is 0. The van der Waals surface area contributed by atoms with E-state index in [4.69, 9.17) is 10.5 Å². The van der Waals surface area contributed by atoms with Crippen molar-refractivity contribution in [3.63, 3.8) is 0 Å². The number of imide groups is 1. The number of nitrogens with one attached hydrogen (secondary N) is 4. The second-order valence-electron chi connectivity index (χ2n) is 8.21. The zero-order valence-corrected chi connectivity index (χ0v) is 20.8. The molecule has 7 amide bonds. The first kappa shape index (κ1) is 29.5. The maximum atomic E-state index is 12.7. The van der Waals surface area contributed by atoms with Crippen LogP contribution in [-0.4, -0.2) is 72.1 Å². The van der Waals surface area contributed by atoms with Crippen LogP contribution in [0, 0.1) is 0 Å². The molecule has 2 rings (SSSR count). The van der Waals surface area contributed by atoms with E-state index in [1.54, 1.807) is 24.3 Å². The summed E-state index contributed by atoms with van der Waals surface area (Å²) in [5.74, 6) is -3.21. The van der Waals surface area contributed by atoms with Crippen molar-refractivity contribution in [2.24, 2.45) is 5.73 Å². The number of ether oxygens (including phenoxy) is 1. The minimum Gasteiger partial charge on any atom is -0.461 e. The molecule has 1 atom stereocenters. The summed E-state index contributed by atoms with van der Waals surface area (Å²) in [4.78, 5) is 83.3. The van der Waals surface area contributed by atoms with E-state index < -0.39 is 47.6 Å². The number of benzene rings is 1. The van der Waals surface area contributed by atoms with Crippen LogP contribution in [0.5, 0.6) is 0 Å². The lowest BCUT2D eigenvalue weighted by Gasteiger charge is -2.19. The second kappa shape index (κ2) is 14.7. The SMILES string of the molecule is CC(=O)OCc1ccc(NC(=O)CNC(=O)[C@H](CCCNC(N)=O)NC(=O)CCN2C(=O)C=CC2=O)cc1. The molecule has 1 aliphatic heterocycles. The molecule has 0 radical (unpaired) electrons. The standard InChI is InChI=1S/C24H30N6O8/c1-15(31)38-14-16-4-6-17(7-5-16)28-20(33)13-27-23(36)18(3-2-11-26-24(25)37)29-19(32)10-12-30-21(34)8-9-22(30)35/h4-9,18H,2-3,10-14H2,1H3,(H,27,36)(H,28,33)(H,29,32)(H3,25,26,37)/t18-/m0/s1. The van der Waals surface area contributed by atoms with Crippen LogP contribution in [-0.2, 0) is 40.1 Å². The zero-order valence-electron chi connectivity index (χ0n) is 20.8. The Bertz CT molecular complexity index is 1080. The molecule has 1 heterocycles. The normalized spacial score (nSPS) is 13.0. The number of anilines is 1. The van der Waals surface area contributed by atoms with Crippen LogP contribution in [0.25, 0.3) is 0 Å². The molecule has 0 unspecified atom stereocenters. The predicted molar refractivity (Wildman–Crippen MR) is 133 cm³/mol. The Morgan fingerprint density at radius 3 is 2.24 bits per heavy atom. The summed E-state index contributed by atoms with van der Waals surface area (Å²) in [5, 5.41) is 9.96. The van der Waals surface area contributed by atoms with Gasteiger partial charge in [-0.25, -0.2) is 4.79 Å². The Hall–Kier alpha value is -4.75. The number of amides is 7. The lowest BCUT2D eigenvalue weighted by Crippen LogP contribution is -2.49. The van der Waals surface area contributed by atoms with E-state index in [0.717, 1.165) is 22.6 Å². The highest BCUT2D eigenvalue weighted by Crippen LogP contribution is 2.10. The summed E-state index contributed by atoms with van der Waals surface area (Å²) in [6, 6.07) is 4.77. The largest absolute Gasteiger partial charge is 0.461 e. The number of rotatable bonds is 14. The van der Waals surface area contributed by atoms with E-state index >= 15 is 0 Å². The van der Waals surface area contributed by atoms with Crippen molar-refractivity contribution in [1.82, 2.24) is 20.9 Å². The minimum absolute atomic E-state index is 0.100. The quantitative estimate of drug-likeness (QED) is 0.115. The van der Waals surface area contributed by atoms with Crippen LogP contribution < -0.4 is 27.0 Å². The van der Waals surface area contributed by atoms with Crippen molar-refractivity contribution < 1.29 is 38.3 Å². The van der Waals surface area contributed by atoms with E-state index in [9.17, 15) is 33.6 Å².